The van der Waals surface area contributed by atoms with Crippen molar-refractivity contribution in [1.82, 2.24) is 19.3 Å². The van der Waals surface area contributed by atoms with Crippen molar-refractivity contribution in [1.29, 1.82) is 0 Å². The molecule has 1 aromatic carbocycles. The molecule has 0 bridgehead atoms. The van der Waals surface area contributed by atoms with Gasteiger partial charge in [-0.3, -0.25) is 0 Å². The predicted molar refractivity (Wildman–Crippen MR) is 80.8 cm³/mol. The first-order valence-corrected chi connectivity index (χ1v) is 8.62. The molecule has 0 spiro atoms. The fourth-order valence-corrected chi connectivity index (χ4v) is 3.82. The van der Waals surface area contributed by atoms with Crippen LogP contribution in [-0.2, 0) is 16.6 Å². The van der Waals surface area contributed by atoms with E-state index in [4.69, 9.17) is 0 Å². The van der Waals surface area contributed by atoms with Gasteiger partial charge in [0, 0.05) is 0 Å². The van der Waals surface area contributed by atoms with Gasteiger partial charge in [-0.1, -0.05) is 29.0 Å². The summed E-state index contributed by atoms with van der Waals surface area (Å²) < 4.78 is 28.6. The first-order valence-electron chi connectivity index (χ1n) is 6.32. The van der Waals surface area contributed by atoms with Crippen LogP contribution in [0.5, 0.6) is 0 Å². The van der Waals surface area contributed by atoms with E-state index >= 15 is 0 Å². The number of rotatable bonds is 4. The number of fused-ring (bicyclic) bond motifs is 1. The second-order valence-corrected chi connectivity index (χ2v) is 7.55. The molecular formula is C13H14N4O2S2. The van der Waals surface area contributed by atoms with Gasteiger partial charge in [-0.05, 0) is 26.0 Å². The Bertz CT molecular complexity index is 847. The molecule has 21 heavy (non-hydrogen) atoms. The quantitative estimate of drug-likeness (QED) is 0.796. The summed E-state index contributed by atoms with van der Waals surface area (Å²) in [6.45, 7) is 3.96. The van der Waals surface area contributed by atoms with E-state index in [1.807, 2.05) is 20.0 Å². The highest BCUT2D eigenvalue weighted by molar-refractivity contribution is 7.89. The van der Waals surface area contributed by atoms with Gasteiger partial charge in [0.1, 0.15) is 5.01 Å². The molecule has 0 saturated heterocycles. The minimum atomic E-state index is -3.52. The van der Waals surface area contributed by atoms with Crippen molar-refractivity contribution in [2.75, 3.05) is 0 Å². The summed E-state index contributed by atoms with van der Waals surface area (Å²) in [4.78, 5) is 5.30. The fraction of sp³-hybridized carbons (Fsp3) is 0.231. The summed E-state index contributed by atoms with van der Waals surface area (Å²) in [6, 6.07) is 6.73. The number of sulfonamides is 1. The number of aryl methyl sites for hydroxylation is 2. The zero-order valence-corrected chi connectivity index (χ0v) is 13.2. The van der Waals surface area contributed by atoms with E-state index in [0.29, 0.717) is 5.01 Å². The van der Waals surface area contributed by atoms with Gasteiger partial charge in [0.15, 0.2) is 0 Å². The van der Waals surface area contributed by atoms with Crippen molar-refractivity contribution in [2.24, 2.45) is 0 Å². The second kappa shape index (κ2) is 5.21. The Hall–Kier alpha value is -1.77. The Morgan fingerprint density at radius 1 is 1.24 bits per heavy atom. The lowest BCUT2D eigenvalue weighted by Gasteiger charge is -2.05. The Morgan fingerprint density at radius 2 is 1.95 bits per heavy atom. The van der Waals surface area contributed by atoms with E-state index < -0.39 is 10.0 Å². The Labute approximate surface area is 126 Å². The first-order chi connectivity index (χ1) is 9.94. The van der Waals surface area contributed by atoms with Gasteiger partial charge >= 0.3 is 0 Å². The lowest BCUT2D eigenvalue weighted by Crippen LogP contribution is -2.23. The van der Waals surface area contributed by atoms with Crippen molar-refractivity contribution in [3.8, 4) is 0 Å². The average molecular weight is 322 g/mol. The molecule has 0 aliphatic rings. The van der Waals surface area contributed by atoms with Gasteiger partial charge in [-0.2, -0.15) is 5.10 Å². The number of imidazole rings is 1. The summed E-state index contributed by atoms with van der Waals surface area (Å²) in [5.74, 6) is 0. The summed E-state index contributed by atoms with van der Waals surface area (Å²) in [6.07, 6.45) is 1.81. The van der Waals surface area contributed by atoms with Crippen LogP contribution < -0.4 is 4.72 Å². The molecule has 0 amide bonds. The summed E-state index contributed by atoms with van der Waals surface area (Å²) >= 11 is 1.37. The number of benzene rings is 1. The van der Waals surface area contributed by atoms with E-state index in [1.165, 1.54) is 11.3 Å². The molecule has 0 atom stereocenters. The highest BCUT2D eigenvalue weighted by Gasteiger charge is 2.15. The first kappa shape index (κ1) is 14.2. The Kier molecular flexibility index (Phi) is 3.52. The van der Waals surface area contributed by atoms with E-state index in [2.05, 4.69) is 14.8 Å². The third kappa shape index (κ3) is 2.97. The maximum Gasteiger partial charge on any atom is 0.240 e. The van der Waals surface area contributed by atoms with E-state index in [1.54, 1.807) is 28.8 Å². The van der Waals surface area contributed by atoms with Crippen LogP contribution in [0.15, 0.2) is 35.4 Å². The second-order valence-electron chi connectivity index (χ2n) is 4.74. The molecule has 8 heteroatoms. The van der Waals surface area contributed by atoms with Crippen LogP contribution in [-0.4, -0.2) is 23.0 Å². The van der Waals surface area contributed by atoms with Gasteiger partial charge in [0.25, 0.3) is 0 Å². The molecule has 3 rings (SSSR count). The maximum atomic E-state index is 12.2. The SMILES string of the molecule is Cc1ccc(S(=O)(=O)NCc2nn3cc(C)nc3s2)cc1. The van der Waals surface area contributed by atoms with Crippen molar-refractivity contribution in [3.05, 3.63) is 46.7 Å². The molecule has 3 aromatic rings. The third-order valence-corrected chi connectivity index (χ3v) is 5.29. The lowest BCUT2D eigenvalue weighted by atomic mass is 10.2. The summed E-state index contributed by atoms with van der Waals surface area (Å²) in [5, 5.41) is 4.96. The van der Waals surface area contributed by atoms with Gasteiger partial charge in [-0.15, -0.1) is 0 Å². The fourth-order valence-electron chi connectivity index (χ4n) is 1.88. The maximum absolute atomic E-state index is 12.2. The molecule has 0 saturated carbocycles. The van der Waals surface area contributed by atoms with Crippen molar-refractivity contribution in [3.63, 3.8) is 0 Å². The van der Waals surface area contributed by atoms with Gasteiger partial charge in [0.2, 0.25) is 15.0 Å². The van der Waals surface area contributed by atoms with Crippen LogP contribution >= 0.6 is 11.3 Å². The van der Waals surface area contributed by atoms with Crippen LogP contribution in [0, 0.1) is 13.8 Å². The molecule has 0 fully saturated rings. The van der Waals surface area contributed by atoms with E-state index in [9.17, 15) is 8.42 Å². The van der Waals surface area contributed by atoms with Crippen LogP contribution in [0.3, 0.4) is 0 Å². The molecule has 0 aliphatic heterocycles. The molecule has 2 aromatic heterocycles. The molecular weight excluding hydrogens is 308 g/mol. The predicted octanol–water partition coefficient (Wildman–Crippen LogP) is 1.89. The van der Waals surface area contributed by atoms with Crippen molar-refractivity contribution >= 4 is 26.3 Å². The molecule has 1 N–H and O–H groups in total. The average Bonchev–Trinajstić information content (AvgIpc) is 2.94. The number of hydrogen-bond acceptors (Lipinski definition) is 5. The molecule has 0 unspecified atom stereocenters. The lowest BCUT2D eigenvalue weighted by molar-refractivity contribution is 0.580. The minimum absolute atomic E-state index is 0.156. The number of nitrogens with one attached hydrogen (secondary N) is 1. The Morgan fingerprint density at radius 3 is 2.62 bits per heavy atom. The third-order valence-electron chi connectivity index (χ3n) is 2.95. The van der Waals surface area contributed by atoms with Gasteiger partial charge in [-0.25, -0.2) is 22.6 Å². The van der Waals surface area contributed by atoms with Crippen molar-refractivity contribution < 1.29 is 8.42 Å². The zero-order valence-electron chi connectivity index (χ0n) is 11.6. The van der Waals surface area contributed by atoms with Crippen LogP contribution in [0.1, 0.15) is 16.3 Å². The number of hydrogen-bond donors (Lipinski definition) is 1. The molecule has 2 heterocycles. The van der Waals surface area contributed by atoms with Crippen LogP contribution in [0.4, 0.5) is 0 Å². The molecule has 0 radical (unpaired) electrons. The standard InChI is InChI=1S/C13H14N4O2S2/c1-9-3-5-11(6-4-9)21(18,19)14-7-12-16-17-8-10(2)15-13(17)20-12/h3-6,8,14H,7H2,1-2H3. The zero-order chi connectivity index (χ0) is 15.0. The smallest absolute Gasteiger partial charge is 0.223 e. The minimum Gasteiger partial charge on any atom is -0.223 e. The highest BCUT2D eigenvalue weighted by atomic mass is 32.2. The summed E-state index contributed by atoms with van der Waals surface area (Å²) in [7, 11) is -3.52. The topological polar surface area (TPSA) is 76.4 Å². The highest BCUT2D eigenvalue weighted by Crippen LogP contribution is 2.15. The van der Waals surface area contributed by atoms with Crippen LogP contribution in [0.25, 0.3) is 4.96 Å². The summed E-state index contributed by atoms with van der Waals surface area (Å²) in [5.41, 5.74) is 1.91. The van der Waals surface area contributed by atoms with E-state index in [0.717, 1.165) is 16.2 Å². The molecule has 110 valence electrons. The Balaban J connectivity index is 1.76. The number of aromatic nitrogens is 3. The monoisotopic (exact) mass is 322 g/mol. The number of nitrogens with zero attached hydrogens (tertiary/aromatic N) is 3. The molecule has 6 nitrogen and oxygen atoms in total. The molecule has 0 aliphatic carbocycles. The normalized spacial score (nSPS) is 12.1. The van der Waals surface area contributed by atoms with E-state index in [-0.39, 0.29) is 11.4 Å². The van der Waals surface area contributed by atoms with Crippen LogP contribution in [0.2, 0.25) is 0 Å². The van der Waals surface area contributed by atoms with Gasteiger partial charge < -0.3 is 0 Å². The van der Waals surface area contributed by atoms with Crippen molar-refractivity contribution in [2.45, 2.75) is 25.3 Å². The van der Waals surface area contributed by atoms with Gasteiger partial charge in [0.05, 0.1) is 23.3 Å². The largest absolute Gasteiger partial charge is 0.240 e.